The number of aliphatic hydroxyl groups excluding tert-OH is 1. The van der Waals surface area contributed by atoms with E-state index in [0.29, 0.717) is 5.92 Å². The van der Waals surface area contributed by atoms with Crippen molar-refractivity contribution in [1.29, 1.82) is 0 Å². The Hall–Kier alpha value is -1.20. The summed E-state index contributed by atoms with van der Waals surface area (Å²) in [7, 11) is 0. The smallest absolute Gasteiger partial charge is 0.141 e. The van der Waals surface area contributed by atoms with E-state index in [-0.39, 0.29) is 6.61 Å². The Kier molecular flexibility index (Phi) is 3.55. The molecule has 0 bridgehead atoms. The van der Waals surface area contributed by atoms with Gasteiger partial charge in [-0.1, -0.05) is 0 Å². The van der Waals surface area contributed by atoms with Crippen molar-refractivity contribution in [2.24, 2.45) is 5.92 Å². The van der Waals surface area contributed by atoms with E-state index >= 15 is 0 Å². The van der Waals surface area contributed by atoms with Crippen molar-refractivity contribution in [3.63, 3.8) is 0 Å². The number of aliphatic hydroxyl groups is 1. The van der Waals surface area contributed by atoms with Gasteiger partial charge in [0.1, 0.15) is 17.0 Å². The van der Waals surface area contributed by atoms with E-state index in [9.17, 15) is 5.11 Å². The minimum atomic E-state index is 0.284. The second kappa shape index (κ2) is 5.54. The molecule has 3 heterocycles. The van der Waals surface area contributed by atoms with Gasteiger partial charge in [0.05, 0.1) is 5.39 Å². The van der Waals surface area contributed by atoms with Gasteiger partial charge in [0.25, 0.3) is 0 Å². The average Bonchev–Trinajstić information content (AvgIpc) is 2.93. The normalized spacial score (nSPS) is 22.5. The first-order valence-corrected chi connectivity index (χ1v) is 8.79. The first kappa shape index (κ1) is 13.5. The quantitative estimate of drug-likeness (QED) is 0.927. The summed E-state index contributed by atoms with van der Waals surface area (Å²) in [5.41, 5.74) is 1.50. The van der Waals surface area contributed by atoms with E-state index in [1.165, 1.54) is 41.5 Å². The maximum absolute atomic E-state index is 9.46. The molecule has 1 N–H and O–H groups in total. The summed E-state index contributed by atoms with van der Waals surface area (Å²) >= 11 is 1.86. The molecule has 0 aromatic carbocycles. The van der Waals surface area contributed by atoms with Gasteiger partial charge < -0.3 is 10.0 Å². The second-order valence-corrected chi connectivity index (χ2v) is 7.31. The third-order valence-corrected chi connectivity index (χ3v) is 6.01. The highest BCUT2D eigenvalue weighted by atomic mass is 32.1. The Balaban J connectivity index is 1.79. The van der Waals surface area contributed by atoms with E-state index in [1.54, 1.807) is 6.33 Å². The highest BCUT2D eigenvalue weighted by Crippen LogP contribution is 2.39. The summed E-state index contributed by atoms with van der Waals surface area (Å²) in [4.78, 5) is 14.2. The lowest BCUT2D eigenvalue weighted by Gasteiger charge is -2.33. The first-order valence-electron chi connectivity index (χ1n) is 7.98. The number of hydrogen-bond acceptors (Lipinski definition) is 5. The van der Waals surface area contributed by atoms with Crippen molar-refractivity contribution in [2.75, 3.05) is 24.6 Å². The molecule has 21 heavy (non-hydrogen) atoms. The van der Waals surface area contributed by atoms with Crippen molar-refractivity contribution >= 4 is 27.4 Å². The van der Waals surface area contributed by atoms with E-state index in [2.05, 4.69) is 14.9 Å². The summed E-state index contributed by atoms with van der Waals surface area (Å²) < 4.78 is 0. The topological polar surface area (TPSA) is 49.2 Å². The molecule has 2 aromatic rings. The van der Waals surface area contributed by atoms with Gasteiger partial charge in [0.15, 0.2) is 0 Å². The van der Waals surface area contributed by atoms with E-state index in [0.717, 1.165) is 36.6 Å². The lowest BCUT2D eigenvalue weighted by atomic mass is 9.95. The third kappa shape index (κ3) is 2.32. The Morgan fingerprint density at radius 2 is 2.14 bits per heavy atom. The number of aromatic nitrogens is 2. The Morgan fingerprint density at radius 1 is 1.24 bits per heavy atom. The number of hydrogen-bond donors (Lipinski definition) is 1. The minimum absolute atomic E-state index is 0.284. The number of fused-ring (bicyclic) bond motifs is 3. The van der Waals surface area contributed by atoms with Crippen LogP contribution in [0, 0.1) is 5.92 Å². The summed E-state index contributed by atoms with van der Waals surface area (Å²) in [5.74, 6) is 1.50. The predicted octanol–water partition coefficient (Wildman–Crippen LogP) is 2.78. The fraction of sp³-hybridized carbons (Fsp3) is 0.625. The maximum Gasteiger partial charge on any atom is 0.141 e. The first-order chi connectivity index (χ1) is 10.4. The molecule has 112 valence electrons. The van der Waals surface area contributed by atoms with Gasteiger partial charge in [0.2, 0.25) is 0 Å². The van der Waals surface area contributed by atoms with Crippen LogP contribution in [0.25, 0.3) is 10.2 Å². The molecule has 0 radical (unpaired) electrons. The number of aryl methyl sites for hydroxylation is 2. The molecule has 4 nitrogen and oxygen atoms in total. The Labute approximate surface area is 128 Å². The van der Waals surface area contributed by atoms with Crippen LogP contribution in [-0.2, 0) is 12.8 Å². The molecule has 0 saturated carbocycles. The van der Waals surface area contributed by atoms with E-state index in [1.807, 2.05) is 11.3 Å². The van der Waals surface area contributed by atoms with Crippen molar-refractivity contribution in [3.05, 3.63) is 16.8 Å². The molecule has 4 rings (SSSR count). The van der Waals surface area contributed by atoms with Gasteiger partial charge in [-0.2, -0.15) is 0 Å². The monoisotopic (exact) mass is 303 g/mol. The van der Waals surface area contributed by atoms with Crippen LogP contribution in [0.2, 0.25) is 0 Å². The summed E-state index contributed by atoms with van der Waals surface area (Å²) in [6, 6.07) is 0. The van der Waals surface area contributed by atoms with Crippen LogP contribution >= 0.6 is 11.3 Å². The molecule has 1 aliphatic carbocycles. The summed E-state index contributed by atoms with van der Waals surface area (Å²) in [5, 5.41) is 10.8. The molecule has 2 aliphatic rings. The SMILES string of the molecule is OC[C@@H]1CCCN(c2ncnc3sc4c(c23)CCCC4)C1. The van der Waals surface area contributed by atoms with Gasteiger partial charge in [0, 0.05) is 24.6 Å². The van der Waals surface area contributed by atoms with Gasteiger partial charge in [-0.05, 0) is 50.0 Å². The number of thiophene rings is 1. The molecule has 5 heteroatoms. The highest BCUT2D eigenvalue weighted by Gasteiger charge is 2.25. The van der Waals surface area contributed by atoms with Crippen LogP contribution in [-0.4, -0.2) is 34.8 Å². The van der Waals surface area contributed by atoms with E-state index in [4.69, 9.17) is 0 Å². The van der Waals surface area contributed by atoms with Crippen LogP contribution in [0.4, 0.5) is 5.82 Å². The zero-order valence-electron chi connectivity index (χ0n) is 12.2. The number of piperidine rings is 1. The molecule has 0 spiro atoms. The number of rotatable bonds is 2. The Bertz CT molecular complexity index is 654. The van der Waals surface area contributed by atoms with Crippen molar-refractivity contribution in [3.8, 4) is 0 Å². The second-order valence-electron chi connectivity index (χ2n) is 6.23. The molecular weight excluding hydrogens is 282 g/mol. The van der Waals surface area contributed by atoms with Gasteiger partial charge in [-0.25, -0.2) is 9.97 Å². The zero-order chi connectivity index (χ0) is 14.2. The fourth-order valence-corrected chi connectivity index (χ4v) is 4.94. The predicted molar refractivity (Wildman–Crippen MR) is 86.1 cm³/mol. The fourth-order valence-electron chi connectivity index (χ4n) is 3.72. The lowest BCUT2D eigenvalue weighted by Crippen LogP contribution is -2.37. The Morgan fingerprint density at radius 3 is 3.05 bits per heavy atom. The van der Waals surface area contributed by atoms with Crippen LogP contribution in [0.1, 0.15) is 36.1 Å². The van der Waals surface area contributed by atoms with Crippen molar-refractivity contribution in [1.82, 2.24) is 9.97 Å². The lowest BCUT2D eigenvalue weighted by molar-refractivity contribution is 0.208. The maximum atomic E-state index is 9.46. The van der Waals surface area contributed by atoms with Crippen molar-refractivity contribution in [2.45, 2.75) is 38.5 Å². The molecular formula is C16H21N3OS. The average molecular weight is 303 g/mol. The number of anilines is 1. The number of nitrogens with zero attached hydrogens (tertiary/aromatic N) is 3. The summed E-state index contributed by atoms with van der Waals surface area (Å²) in [6.45, 7) is 2.26. The van der Waals surface area contributed by atoms with Crippen LogP contribution in [0.15, 0.2) is 6.33 Å². The van der Waals surface area contributed by atoms with Crippen LogP contribution < -0.4 is 4.90 Å². The van der Waals surface area contributed by atoms with Gasteiger partial charge in [-0.3, -0.25) is 0 Å². The molecule has 0 amide bonds. The van der Waals surface area contributed by atoms with Crippen LogP contribution in [0.3, 0.4) is 0 Å². The highest BCUT2D eigenvalue weighted by molar-refractivity contribution is 7.19. The molecule has 1 aliphatic heterocycles. The molecule has 0 unspecified atom stereocenters. The van der Waals surface area contributed by atoms with Crippen LogP contribution in [0.5, 0.6) is 0 Å². The largest absolute Gasteiger partial charge is 0.396 e. The van der Waals surface area contributed by atoms with Gasteiger partial charge >= 0.3 is 0 Å². The molecule has 1 atom stereocenters. The molecule has 1 fully saturated rings. The minimum Gasteiger partial charge on any atom is -0.396 e. The molecule has 2 aromatic heterocycles. The zero-order valence-corrected chi connectivity index (χ0v) is 13.0. The molecule has 1 saturated heterocycles. The van der Waals surface area contributed by atoms with E-state index < -0.39 is 0 Å². The third-order valence-electron chi connectivity index (χ3n) is 4.81. The summed E-state index contributed by atoms with van der Waals surface area (Å²) in [6.07, 6.45) is 8.95. The van der Waals surface area contributed by atoms with Gasteiger partial charge in [-0.15, -0.1) is 11.3 Å². The van der Waals surface area contributed by atoms with Crippen molar-refractivity contribution < 1.29 is 5.11 Å². The standard InChI is InChI=1S/C16H21N3OS/c20-9-11-4-3-7-19(8-11)15-14-12-5-1-2-6-13(12)21-16(14)18-10-17-15/h10-11,20H,1-9H2/t11-/m1/s1.